The van der Waals surface area contributed by atoms with Gasteiger partial charge in [-0.05, 0) is 55.5 Å². The third-order valence-corrected chi connectivity index (χ3v) is 5.12. The van der Waals surface area contributed by atoms with Gasteiger partial charge in [0, 0.05) is 28.7 Å². The monoisotopic (exact) mass is 345 g/mol. The number of hydrogen-bond acceptors (Lipinski definition) is 3. The van der Waals surface area contributed by atoms with Crippen LogP contribution in [-0.2, 0) is 19.4 Å². The molecule has 3 rings (SSSR count). The molecule has 1 unspecified atom stereocenters. The third-order valence-electron chi connectivity index (χ3n) is 4.77. The highest BCUT2D eigenvalue weighted by Crippen LogP contribution is 2.36. The first-order chi connectivity index (χ1) is 11.6. The Morgan fingerprint density at radius 1 is 1.08 bits per heavy atom. The van der Waals surface area contributed by atoms with E-state index in [0.717, 1.165) is 47.9 Å². The van der Waals surface area contributed by atoms with Crippen molar-refractivity contribution in [1.29, 1.82) is 0 Å². The Kier molecular flexibility index (Phi) is 5.32. The average Bonchev–Trinajstić information content (AvgIpc) is 2.59. The van der Waals surface area contributed by atoms with Gasteiger partial charge in [0.1, 0.15) is 11.5 Å². The van der Waals surface area contributed by atoms with Gasteiger partial charge in [0.05, 0.1) is 14.2 Å². The Morgan fingerprint density at radius 2 is 1.79 bits per heavy atom. The van der Waals surface area contributed by atoms with Gasteiger partial charge in [0.15, 0.2) is 0 Å². The molecule has 2 aromatic rings. The van der Waals surface area contributed by atoms with Crippen molar-refractivity contribution in [3.8, 4) is 11.5 Å². The van der Waals surface area contributed by atoms with Gasteiger partial charge in [0.25, 0.3) is 0 Å². The van der Waals surface area contributed by atoms with Gasteiger partial charge < -0.3 is 14.8 Å². The molecule has 0 saturated heterocycles. The van der Waals surface area contributed by atoms with E-state index in [1.165, 1.54) is 16.7 Å². The summed E-state index contributed by atoms with van der Waals surface area (Å²) < 4.78 is 11.1. The smallest absolute Gasteiger partial charge is 0.122 e. The van der Waals surface area contributed by atoms with Crippen LogP contribution in [-0.4, -0.2) is 20.3 Å². The van der Waals surface area contributed by atoms with E-state index in [-0.39, 0.29) is 0 Å². The van der Waals surface area contributed by atoms with Crippen LogP contribution in [0.3, 0.4) is 0 Å². The van der Waals surface area contributed by atoms with Crippen LogP contribution in [0, 0.1) is 6.92 Å². The number of hydrogen-bond donors (Lipinski definition) is 1. The molecule has 0 aromatic heterocycles. The molecule has 0 saturated carbocycles. The lowest BCUT2D eigenvalue weighted by Gasteiger charge is -2.28. The topological polar surface area (TPSA) is 30.5 Å². The van der Waals surface area contributed by atoms with Crippen LogP contribution in [0.2, 0.25) is 5.02 Å². The van der Waals surface area contributed by atoms with E-state index in [4.69, 9.17) is 21.1 Å². The Hall–Kier alpha value is -1.71. The van der Waals surface area contributed by atoms with Gasteiger partial charge in [-0.25, -0.2) is 0 Å². The Morgan fingerprint density at radius 3 is 2.46 bits per heavy atom. The first-order valence-electron chi connectivity index (χ1n) is 8.33. The van der Waals surface area contributed by atoms with Crippen molar-refractivity contribution in [2.45, 2.75) is 38.8 Å². The van der Waals surface area contributed by atoms with E-state index < -0.39 is 0 Å². The van der Waals surface area contributed by atoms with E-state index >= 15 is 0 Å². The van der Waals surface area contributed by atoms with Crippen molar-refractivity contribution in [1.82, 2.24) is 5.32 Å². The second-order valence-corrected chi connectivity index (χ2v) is 6.75. The van der Waals surface area contributed by atoms with Crippen molar-refractivity contribution < 1.29 is 9.47 Å². The summed E-state index contributed by atoms with van der Waals surface area (Å²) >= 11 is 6.34. The fraction of sp³-hybridized carbons (Fsp3) is 0.400. The Bertz CT molecular complexity index is 730. The van der Waals surface area contributed by atoms with Crippen molar-refractivity contribution in [3.05, 3.63) is 57.6 Å². The number of methoxy groups -OCH3 is 2. The molecule has 1 aliphatic carbocycles. The van der Waals surface area contributed by atoms with Crippen LogP contribution in [0.1, 0.15) is 28.7 Å². The van der Waals surface area contributed by atoms with Gasteiger partial charge in [-0.2, -0.15) is 0 Å². The Balaban J connectivity index is 1.73. The minimum absolute atomic E-state index is 0.413. The molecule has 2 aromatic carbocycles. The number of benzene rings is 2. The van der Waals surface area contributed by atoms with Crippen molar-refractivity contribution in [2.24, 2.45) is 0 Å². The molecule has 0 radical (unpaired) electrons. The lowest BCUT2D eigenvalue weighted by molar-refractivity contribution is 0.376. The average molecular weight is 346 g/mol. The van der Waals surface area contributed by atoms with E-state index in [1.54, 1.807) is 14.2 Å². The number of nitrogens with one attached hydrogen (secondary N) is 1. The molecular formula is C20H24ClNO2. The summed E-state index contributed by atoms with van der Waals surface area (Å²) in [7, 11) is 3.46. The largest absolute Gasteiger partial charge is 0.496 e. The lowest BCUT2D eigenvalue weighted by Crippen LogP contribution is -2.34. The standard InChI is InChI=1S/C20H24ClNO2/c1-13-4-5-14(18(21)10-13)12-22-15-6-7-16-17(11-15)20(24-3)9-8-19(16)23-2/h4-5,8-10,15,22H,6-7,11-12H2,1-3H3. The van der Waals surface area contributed by atoms with Gasteiger partial charge in [-0.1, -0.05) is 23.7 Å². The minimum atomic E-state index is 0.413. The molecular weight excluding hydrogens is 322 g/mol. The van der Waals surface area contributed by atoms with E-state index in [0.29, 0.717) is 6.04 Å². The molecule has 1 N–H and O–H groups in total. The predicted octanol–water partition coefficient (Wildman–Crippen LogP) is 4.31. The van der Waals surface area contributed by atoms with Crippen LogP contribution >= 0.6 is 11.6 Å². The first-order valence-corrected chi connectivity index (χ1v) is 8.71. The summed E-state index contributed by atoms with van der Waals surface area (Å²) in [5, 5.41) is 4.48. The van der Waals surface area contributed by atoms with Gasteiger partial charge in [-0.3, -0.25) is 0 Å². The second kappa shape index (κ2) is 7.45. The second-order valence-electron chi connectivity index (χ2n) is 6.34. The highest BCUT2D eigenvalue weighted by Gasteiger charge is 2.24. The molecule has 0 fully saturated rings. The van der Waals surface area contributed by atoms with Crippen molar-refractivity contribution >= 4 is 11.6 Å². The summed E-state index contributed by atoms with van der Waals surface area (Å²) in [6.07, 6.45) is 3.02. The summed E-state index contributed by atoms with van der Waals surface area (Å²) in [4.78, 5) is 0. The van der Waals surface area contributed by atoms with E-state index in [2.05, 4.69) is 24.4 Å². The van der Waals surface area contributed by atoms with Gasteiger partial charge in [0.2, 0.25) is 0 Å². The molecule has 0 aliphatic heterocycles. The zero-order chi connectivity index (χ0) is 17.1. The zero-order valence-electron chi connectivity index (χ0n) is 14.5. The number of ether oxygens (including phenoxy) is 2. The number of aryl methyl sites for hydroxylation is 1. The van der Waals surface area contributed by atoms with Crippen molar-refractivity contribution in [3.63, 3.8) is 0 Å². The summed E-state index contributed by atoms with van der Waals surface area (Å²) in [5.41, 5.74) is 4.87. The normalized spacial score (nSPS) is 16.6. The Labute approximate surface area is 148 Å². The number of halogens is 1. The third kappa shape index (κ3) is 3.52. The summed E-state index contributed by atoms with van der Waals surface area (Å²) in [6, 6.07) is 10.6. The highest BCUT2D eigenvalue weighted by molar-refractivity contribution is 6.31. The first kappa shape index (κ1) is 17.1. The van der Waals surface area contributed by atoms with Gasteiger partial charge in [-0.15, -0.1) is 0 Å². The molecule has 1 atom stereocenters. The molecule has 0 heterocycles. The summed E-state index contributed by atoms with van der Waals surface area (Å²) in [5.74, 6) is 1.91. The predicted molar refractivity (Wildman–Crippen MR) is 98.4 cm³/mol. The number of fused-ring (bicyclic) bond motifs is 1. The minimum Gasteiger partial charge on any atom is -0.496 e. The molecule has 1 aliphatic rings. The van der Waals surface area contributed by atoms with Crippen molar-refractivity contribution in [2.75, 3.05) is 14.2 Å². The zero-order valence-corrected chi connectivity index (χ0v) is 15.2. The maximum atomic E-state index is 6.34. The SMILES string of the molecule is COc1ccc(OC)c2c1CCC(NCc1ccc(C)cc1Cl)C2. The number of rotatable bonds is 5. The lowest BCUT2D eigenvalue weighted by atomic mass is 9.87. The molecule has 0 spiro atoms. The molecule has 128 valence electrons. The van der Waals surface area contributed by atoms with Crippen LogP contribution in [0.4, 0.5) is 0 Å². The molecule has 0 bridgehead atoms. The van der Waals surface area contributed by atoms with Gasteiger partial charge >= 0.3 is 0 Å². The van der Waals surface area contributed by atoms with Crippen LogP contribution in [0.5, 0.6) is 11.5 Å². The van der Waals surface area contributed by atoms with E-state index in [9.17, 15) is 0 Å². The fourth-order valence-electron chi connectivity index (χ4n) is 3.42. The molecule has 3 nitrogen and oxygen atoms in total. The molecule has 24 heavy (non-hydrogen) atoms. The molecule has 4 heteroatoms. The van der Waals surface area contributed by atoms with Crippen LogP contribution in [0.25, 0.3) is 0 Å². The van der Waals surface area contributed by atoms with E-state index in [1.807, 2.05) is 18.2 Å². The maximum Gasteiger partial charge on any atom is 0.122 e. The maximum absolute atomic E-state index is 6.34. The molecule has 0 amide bonds. The van der Waals surface area contributed by atoms with Crippen LogP contribution < -0.4 is 14.8 Å². The quantitative estimate of drug-likeness (QED) is 0.875. The fourth-order valence-corrected chi connectivity index (χ4v) is 3.72. The summed E-state index contributed by atoms with van der Waals surface area (Å²) in [6.45, 7) is 2.84. The highest BCUT2D eigenvalue weighted by atomic mass is 35.5. The van der Waals surface area contributed by atoms with Crippen LogP contribution in [0.15, 0.2) is 30.3 Å².